The predicted octanol–water partition coefficient (Wildman–Crippen LogP) is 1.80. The Hall–Kier alpha value is -0.890. The van der Waals surface area contributed by atoms with Crippen molar-refractivity contribution >= 4 is 8.25 Å². The number of rotatable bonds is 4. The van der Waals surface area contributed by atoms with Crippen LogP contribution in [0.1, 0.15) is 19.8 Å². The smallest absolute Gasteiger partial charge is 0.372 e. The van der Waals surface area contributed by atoms with Crippen molar-refractivity contribution in [1.82, 2.24) is 0 Å². The lowest BCUT2D eigenvalue weighted by atomic mass is 10.3. The Labute approximate surface area is 73.4 Å². The molecule has 66 valence electrons. The summed E-state index contributed by atoms with van der Waals surface area (Å²) in [6.07, 6.45) is 8.38. The average Bonchev–Trinajstić information content (AvgIpc) is 2.05. The van der Waals surface area contributed by atoms with Gasteiger partial charge in [-0.1, -0.05) is 5.92 Å². The second-order valence-corrected chi connectivity index (χ2v) is 2.76. The summed E-state index contributed by atoms with van der Waals surface area (Å²) in [4.78, 5) is 0. The van der Waals surface area contributed by atoms with Crippen LogP contribution in [0.25, 0.3) is 0 Å². The van der Waals surface area contributed by atoms with Crippen molar-refractivity contribution in [3.05, 3.63) is 0 Å². The van der Waals surface area contributed by atoms with Crippen LogP contribution in [-0.2, 0) is 13.6 Å². The van der Waals surface area contributed by atoms with Gasteiger partial charge in [0.25, 0.3) is 0 Å². The van der Waals surface area contributed by atoms with Crippen molar-refractivity contribution in [1.29, 1.82) is 0 Å². The Kier molecular flexibility index (Phi) is 7.60. The highest BCUT2D eigenvalue weighted by molar-refractivity contribution is 7.33. The molecule has 0 radical (unpaired) electrons. The highest BCUT2D eigenvalue weighted by Gasteiger charge is 1.91. The maximum absolute atomic E-state index is 10.7. The van der Waals surface area contributed by atoms with Gasteiger partial charge in [-0.15, -0.1) is 12.3 Å². The van der Waals surface area contributed by atoms with Crippen molar-refractivity contribution in [2.45, 2.75) is 19.8 Å². The van der Waals surface area contributed by atoms with Gasteiger partial charge in [0.15, 0.2) is 0 Å². The minimum absolute atomic E-state index is 0.365. The fourth-order valence-electron chi connectivity index (χ4n) is 0.411. The van der Waals surface area contributed by atoms with E-state index in [2.05, 4.69) is 27.0 Å². The molecule has 0 amide bonds. The van der Waals surface area contributed by atoms with Gasteiger partial charge in [-0.05, 0) is 6.92 Å². The third kappa shape index (κ3) is 7.22. The van der Waals surface area contributed by atoms with E-state index in [9.17, 15) is 4.57 Å². The molecule has 0 saturated carbocycles. The molecule has 0 aliphatic heterocycles. The summed E-state index contributed by atoms with van der Waals surface area (Å²) < 4.78 is 19.8. The molecule has 0 fully saturated rings. The largest absolute Gasteiger partial charge is 0.376 e. The third-order valence-electron chi connectivity index (χ3n) is 0.863. The minimum atomic E-state index is -2.40. The van der Waals surface area contributed by atoms with E-state index < -0.39 is 8.25 Å². The second kappa shape index (κ2) is 8.21. The van der Waals surface area contributed by atoms with Gasteiger partial charge in [0.05, 0.1) is 6.61 Å². The van der Waals surface area contributed by atoms with E-state index in [1.165, 1.54) is 0 Å². The van der Waals surface area contributed by atoms with E-state index >= 15 is 0 Å². The lowest BCUT2D eigenvalue weighted by Gasteiger charge is -1.95. The van der Waals surface area contributed by atoms with Crippen molar-refractivity contribution in [2.75, 3.05) is 6.61 Å². The first-order valence-electron chi connectivity index (χ1n) is 3.56. The maximum atomic E-state index is 10.7. The fraction of sp³-hybridized carbons (Fsp3) is 0.500. The van der Waals surface area contributed by atoms with Crippen LogP contribution in [0.4, 0.5) is 0 Å². The first-order valence-corrected chi connectivity index (χ1v) is 4.78. The van der Waals surface area contributed by atoms with E-state index in [-0.39, 0.29) is 0 Å². The number of unbranched alkanes of at least 4 members (excludes halogenated alkanes) is 1. The van der Waals surface area contributed by atoms with Crippen LogP contribution in [0.3, 0.4) is 0 Å². The normalized spacial score (nSPS) is 10.7. The molecule has 0 saturated heterocycles. The molecule has 1 atom stereocenters. The summed E-state index contributed by atoms with van der Waals surface area (Å²) in [6, 6.07) is 0. The Bertz CT molecular complexity index is 231. The van der Waals surface area contributed by atoms with Gasteiger partial charge in [-0.2, -0.15) is 0 Å². The lowest BCUT2D eigenvalue weighted by Crippen LogP contribution is -1.77. The van der Waals surface area contributed by atoms with Crippen LogP contribution in [0.15, 0.2) is 0 Å². The van der Waals surface area contributed by atoms with Gasteiger partial charge in [-0.3, -0.25) is 0 Å². The zero-order valence-electron chi connectivity index (χ0n) is 6.92. The first-order chi connectivity index (χ1) is 5.81. The summed E-state index contributed by atoms with van der Waals surface area (Å²) in [5, 5.41) is 0. The SMILES string of the molecule is C#CCCC#CO[PH](=O)OCC. The molecule has 0 N–H and O–H groups in total. The van der Waals surface area contributed by atoms with Crippen LogP contribution >= 0.6 is 8.25 Å². The van der Waals surface area contributed by atoms with E-state index in [1.807, 2.05) is 0 Å². The highest BCUT2D eigenvalue weighted by Crippen LogP contribution is 2.21. The molecule has 0 aliphatic carbocycles. The van der Waals surface area contributed by atoms with E-state index in [4.69, 9.17) is 6.42 Å². The molecule has 0 spiro atoms. The van der Waals surface area contributed by atoms with Gasteiger partial charge in [0, 0.05) is 12.8 Å². The topological polar surface area (TPSA) is 35.5 Å². The van der Waals surface area contributed by atoms with Gasteiger partial charge in [0.1, 0.15) is 6.11 Å². The standard InChI is InChI=1S/C8H11O3P/c1-3-5-6-7-8-11-12(9)10-4-2/h1,12H,4-6H2,2H3. The molecule has 1 unspecified atom stereocenters. The van der Waals surface area contributed by atoms with Crippen molar-refractivity contribution < 1.29 is 13.6 Å². The van der Waals surface area contributed by atoms with Crippen LogP contribution < -0.4 is 0 Å². The Balaban J connectivity index is 3.44. The Morgan fingerprint density at radius 3 is 2.83 bits per heavy atom. The molecule has 0 aliphatic rings. The highest BCUT2D eigenvalue weighted by atomic mass is 31.1. The average molecular weight is 186 g/mol. The van der Waals surface area contributed by atoms with Gasteiger partial charge in [-0.25, -0.2) is 4.57 Å². The van der Waals surface area contributed by atoms with Gasteiger partial charge in [0.2, 0.25) is 0 Å². The van der Waals surface area contributed by atoms with Crippen molar-refractivity contribution in [2.24, 2.45) is 0 Å². The van der Waals surface area contributed by atoms with Crippen LogP contribution in [-0.4, -0.2) is 6.61 Å². The number of hydrogen-bond acceptors (Lipinski definition) is 3. The number of hydrogen-bond donors (Lipinski definition) is 0. The third-order valence-corrected chi connectivity index (χ3v) is 1.66. The zero-order valence-corrected chi connectivity index (χ0v) is 7.92. The minimum Gasteiger partial charge on any atom is -0.372 e. The first kappa shape index (κ1) is 11.1. The van der Waals surface area contributed by atoms with E-state index in [1.54, 1.807) is 6.92 Å². The molecule has 0 bridgehead atoms. The zero-order chi connectivity index (χ0) is 9.23. The molecule has 0 aromatic carbocycles. The molecule has 12 heavy (non-hydrogen) atoms. The molecule has 0 aromatic rings. The summed E-state index contributed by atoms with van der Waals surface area (Å²) in [7, 11) is -2.40. The van der Waals surface area contributed by atoms with E-state index in [0.29, 0.717) is 19.4 Å². The molecule has 0 aromatic heterocycles. The molecular weight excluding hydrogens is 175 g/mol. The van der Waals surface area contributed by atoms with E-state index in [0.717, 1.165) is 0 Å². The monoisotopic (exact) mass is 186 g/mol. The van der Waals surface area contributed by atoms with Crippen LogP contribution in [0, 0.1) is 24.4 Å². The van der Waals surface area contributed by atoms with Gasteiger partial charge >= 0.3 is 8.25 Å². The Morgan fingerprint density at radius 1 is 1.50 bits per heavy atom. The molecule has 0 rings (SSSR count). The second-order valence-electron chi connectivity index (χ2n) is 1.77. The summed E-state index contributed by atoms with van der Waals surface area (Å²) in [5.41, 5.74) is 0. The number of terminal acetylenes is 1. The molecular formula is C8H11O3P. The van der Waals surface area contributed by atoms with Crippen molar-refractivity contribution in [3.8, 4) is 24.4 Å². The van der Waals surface area contributed by atoms with Crippen LogP contribution in [0.2, 0.25) is 0 Å². The predicted molar refractivity (Wildman–Crippen MR) is 47.6 cm³/mol. The van der Waals surface area contributed by atoms with Crippen LogP contribution in [0.5, 0.6) is 0 Å². The summed E-state index contributed by atoms with van der Waals surface area (Å²) in [5.74, 6) is 5.03. The van der Waals surface area contributed by atoms with Gasteiger partial charge < -0.3 is 9.05 Å². The lowest BCUT2D eigenvalue weighted by molar-refractivity contribution is 0.293. The molecule has 4 heteroatoms. The quantitative estimate of drug-likeness (QED) is 0.381. The fourth-order valence-corrected chi connectivity index (χ4v) is 0.861. The molecule has 3 nitrogen and oxygen atoms in total. The summed E-state index contributed by atoms with van der Waals surface area (Å²) >= 11 is 0. The Morgan fingerprint density at radius 2 is 2.25 bits per heavy atom. The maximum Gasteiger partial charge on any atom is 0.376 e. The van der Waals surface area contributed by atoms with Crippen molar-refractivity contribution in [3.63, 3.8) is 0 Å². The summed E-state index contributed by atoms with van der Waals surface area (Å²) in [6.45, 7) is 2.10. The molecule has 0 heterocycles.